The zero-order valence-corrected chi connectivity index (χ0v) is 15.3. The van der Waals surface area contributed by atoms with Gasteiger partial charge in [-0.3, -0.25) is 4.98 Å². The van der Waals surface area contributed by atoms with Crippen LogP contribution in [0.15, 0.2) is 36.5 Å². The Balaban J connectivity index is 2.27. The van der Waals surface area contributed by atoms with Crippen molar-refractivity contribution in [1.82, 2.24) is 9.55 Å². The van der Waals surface area contributed by atoms with Gasteiger partial charge in [-0.25, -0.2) is 4.79 Å². The van der Waals surface area contributed by atoms with E-state index in [1.165, 1.54) is 0 Å². The molecule has 0 radical (unpaired) electrons. The molecular formula is C20H22N2O4. The number of aromatic carboxylic acids is 1. The van der Waals surface area contributed by atoms with Crippen molar-refractivity contribution in [2.75, 3.05) is 14.2 Å². The summed E-state index contributed by atoms with van der Waals surface area (Å²) < 4.78 is 12.5. The van der Waals surface area contributed by atoms with Gasteiger partial charge in [0, 0.05) is 17.6 Å². The molecule has 6 heteroatoms. The van der Waals surface area contributed by atoms with Crippen LogP contribution >= 0.6 is 0 Å². The summed E-state index contributed by atoms with van der Waals surface area (Å²) in [5.74, 6) is 0.590. The highest BCUT2D eigenvalue weighted by molar-refractivity contribution is 5.98. The first-order valence-corrected chi connectivity index (χ1v) is 8.38. The van der Waals surface area contributed by atoms with Gasteiger partial charge in [0.05, 0.1) is 32.0 Å². The Labute approximate surface area is 152 Å². The van der Waals surface area contributed by atoms with Gasteiger partial charge in [-0.1, -0.05) is 19.9 Å². The Kier molecular flexibility index (Phi) is 4.84. The summed E-state index contributed by atoms with van der Waals surface area (Å²) >= 11 is 0. The largest absolute Gasteiger partial charge is 0.497 e. The molecule has 0 fully saturated rings. The van der Waals surface area contributed by atoms with Gasteiger partial charge in [0.1, 0.15) is 17.2 Å². The third-order valence-corrected chi connectivity index (χ3v) is 4.45. The predicted molar refractivity (Wildman–Crippen MR) is 99.4 cm³/mol. The van der Waals surface area contributed by atoms with Crippen molar-refractivity contribution in [3.05, 3.63) is 53.5 Å². The summed E-state index contributed by atoms with van der Waals surface area (Å²) in [6.45, 7) is 4.50. The summed E-state index contributed by atoms with van der Waals surface area (Å²) in [4.78, 5) is 16.2. The van der Waals surface area contributed by atoms with Crippen LogP contribution in [-0.4, -0.2) is 34.8 Å². The Bertz CT molecular complexity index is 960. The van der Waals surface area contributed by atoms with Crippen LogP contribution in [0.2, 0.25) is 0 Å². The monoisotopic (exact) mass is 354 g/mol. The lowest BCUT2D eigenvalue weighted by molar-refractivity contribution is 0.0686. The fraction of sp³-hybridized carbons (Fsp3) is 0.300. The molecule has 0 atom stereocenters. The van der Waals surface area contributed by atoms with Crippen LogP contribution in [0, 0.1) is 0 Å². The van der Waals surface area contributed by atoms with E-state index in [1.807, 2.05) is 18.2 Å². The zero-order chi connectivity index (χ0) is 18.8. The van der Waals surface area contributed by atoms with Crippen molar-refractivity contribution in [3.8, 4) is 11.5 Å². The first kappa shape index (κ1) is 17.8. The first-order valence-electron chi connectivity index (χ1n) is 8.38. The maximum atomic E-state index is 11.9. The van der Waals surface area contributed by atoms with Crippen LogP contribution in [-0.2, 0) is 6.54 Å². The lowest BCUT2D eigenvalue weighted by Gasteiger charge is -2.15. The molecular weight excluding hydrogens is 332 g/mol. The highest BCUT2D eigenvalue weighted by atomic mass is 16.5. The molecule has 0 aliphatic rings. The number of aromatic nitrogens is 2. The molecule has 0 amide bonds. The molecule has 3 aromatic rings. The lowest BCUT2D eigenvalue weighted by atomic mass is 10.00. The van der Waals surface area contributed by atoms with Crippen LogP contribution in [0.1, 0.15) is 41.5 Å². The normalized spacial score (nSPS) is 11.1. The molecule has 0 saturated carbocycles. The molecule has 6 nitrogen and oxygen atoms in total. The standard InChI is InChI=1S/C20H22N2O4/c1-12(2)15-5-6-18(26-4)16-10-17(20(23)24)22(19(15)16)11-13-9-14(25-3)7-8-21-13/h5-10,12H,11H2,1-4H3,(H,23,24). The van der Waals surface area contributed by atoms with E-state index in [0.29, 0.717) is 18.0 Å². The van der Waals surface area contributed by atoms with Gasteiger partial charge in [0.15, 0.2) is 0 Å². The third-order valence-electron chi connectivity index (χ3n) is 4.45. The van der Waals surface area contributed by atoms with Crippen molar-refractivity contribution in [3.63, 3.8) is 0 Å². The molecule has 0 saturated heterocycles. The average Bonchev–Trinajstić information content (AvgIpc) is 3.00. The highest BCUT2D eigenvalue weighted by Crippen LogP contribution is 2.35. The Morgan fingerprint density at radius 1 is 1.19 bits per heavy atom. The number of carboxylic acids is 1. The minimum atomic E-state index is -0.985. The number of hydrogen-bond donors (Lipinski definition) is 1. The van der Waals surface area contributed by atoms with Gasteiger partial charge in [0.2, 0.25) is 0 Å². The topological polar surface area (TPSA) is 73.6 Å². The summed E-state index contributed by atoms with van der Waals surface area (Å²) in [7, 11) is 3.18. The maximum Gasteiger partial charge on any atom is 0.352 e. The zero-order valence-electron chi connectivity index (χ0n) is 15.3. The van der Waals surface area contributed by atoms with Crippen molar-refractivity contribution in [2.45, 2.75) is 26.3 Å². The van der Waals surface area contributed by atoms with Crippen LogP contribution in [0.4, 0.5) is 0 Å². The van der Waals surface area contributed by atoms with Gasteiger partial charge >= 0.3 is 5.97 Å². The maximum absolute atomic E-state index is 11.9. The lowest BCUT2D eigenvalue weighted by Crippen LogP contribution is -2.11. The van der Waals surface area contributed by atoms with E-state index in [1.54, 1.807) is 37.1 Å². The smallest absolute Gasteiger partial charge is 0.352 e. The molecule has 1 aromatic carbocycles. The average molecular weight is 354 g/mol. The number of methoxy groups -OCH3 is 2. The van der Waals surface area contributed by atoms with Gasteiger partial charge in [0.25, 0.3) is 0 Å². The van der Waals surface area contributed by atoms with E-state index in [4.69, 9.17) is 9.47 Å². The number of hydrogen-bond acceptors (Lipinski definition) is 4. The molecule has 0 spiro atoms. The van der Waals surface area contributed by atoms with Gasteiger partial charge in [-0.15, -0.1) is 0 Å². The van der Waals surface area contributed by atoms with Crippen LogP contribution < -0.4 is 9.47 Å². The summed E-state index contributed by atoms with van der Waals surface area (Å²) in [6.07, 6.45) is 1.66. The Hall–Kier alpha value is -3.02. The number of nitrogens with zero attached hydrogens (tertiary/aromatic N) is 2. The second-order valence-corrected chi connectivity index (χ2v) is 6.38. The van der Waals surface area contributed by atoms with Crippen molar-refractivity contribution in [2.24, 2.45) is 0 Å². The first-order chi connectivity index (χ1) is 12.5. The van der Waals surface area contributed by atoms with Crippen LogP contribution in [0.3, 0.4) is 0 Å². The minimum Gasteiger partial charge on any atom is -0.497 e. The van der Waals surface area contributed by atoms with Gasteiger partial charge in [-0.2, -0.15) is 0 Å². The van der Waals surface area contributed by atoms with E-state index in [2.05, 4.69) is 18.8 Å². The van der Waals surface area contributed by atoms with Gasteiger partial charge < -0.3 is 19.1 Å². The number of benzene rings is 1. The molecule has 2 heterocycles. The number of rotatable bonds is 6. The van der Waals surface area contributed by atoms with E-state index < -0.39 is 5.97 Å². The predicted octanol–water partition coefficient (Wildman–Crippen LogP) is 3.92. The van der Waals surface area contributed by atoms with Crippen molar-refractivity contribution < 1.29 is 19.4 Å². The summed E-state index contributed by atoms with van der Waals surface area (Å²) in [6, 6.07) is 9.12. The SMILES string of the molecule is COc1ccnc(Cn2c(C(=O)O)cc3c(OC)ccc(C(C)C)c32)c1. The number of carbonyl (C=O) groups is 1. The molecule has 26 heavy (non-hydrogen) atoms. The fourth-order valence-electron chi connectivity index (χ4n) is 3.20. The molecule has 0 aliphatic carbocycles. The molecule has 136 valence electrons. The Morgan fingerprint density at radius 2 is 1.96 bits per heavy atom. The van der Waals surface area contributed by atoms with E-state index >= 15 is 0 Å². The van der Waals surface area contributed by atoms with E-state index in [0.717, 1.165) is 22.2 Å². The van der Waals surface area contributed by atoms with Crippen LogP contribution in [0.5, 0.6) is 11.5 Å². The number of ether oxygens (including phenoxy) is 2. The van der Waals surface area contributed by atoms with Crippen LogP contribution in [0.25, 0.3) is 10.9 Å². The molecule has 0 aliphatic heterocycles. The van der Waals surface area contributed by atoms with E-state index in [9.17, 15) is 9.90 Å². The summed E-state index contributed by atoms with van der Waals surface area (Å²) in [5, 5.41) is 10.5. The summed E-state index contributed by atoms with van der Waals surface area (Å²) in [5.41, 5.74) is 2.86. The highest BCUT2D eigenvalue weighted by Gasteiger charge is 2.21. The van der Waals surface area contributed by atoms with Crippen molar-refractivity contribution >= 4 is 16.9 Å². The van der Waals surface area contributed by atoms with E-state index in [-0.39, 0.29) is 11.6 Å². The number of pyridine rings is 1. The molecule has 1 N–H and O–H groups in total. The quantitative estimate of drug-likeness (QED) is 0.726. The molecule has 0 unspecified atom stereocenters. The second-order valence-electron chi connectivity index (χ2n) is 6.38. The number of fused-ring (bicyclic) bond motifs is 1. The van der Waals surface area contributed by atoms with Gasteiger partial charge in [-0.05, 0) is 29.7 Å². The number of carboxylic acid groups (broad SMARTS) is 1. The minimum absolute atomic E-state index is 0.205. The Morgan fingerprint density at radius 3 is 2.58 bits per heavy atom. The molecule has 3 rings (SSSR count). The molecule has 2 aromatic heterocycles. The fourth-order valence-corrected chi connectivity index (χ4v) is 3.20. The van der Waals surface area contributed by atoms with Crippen molar-refractivity contribution in [1.29, 1.82) is 0 Å². The third kappa shape index (κ3) is 3.10. The molecule has 0 bridgehead atoms. The second kappa shape index (κ2) is 7.07.